The summed E-state index contributed by atoms with van der Waals surface area (Å²) in [6.45, 7) is 4.59. The van der Waals surface area contributed by atoms with E-state index >= 15 is 0 Å². The summed E-state index contributed by atoms with van der Waals surface area (Å²) >= 11 is 0. The third-order valence-electron chi connectivity index (χ3n) is 8.25. The molecule has 0 radical (unpaired) electrons. The first-order chi connectivity index (χ1) is 20.3. The lowest BCUT2D eigenvalue weighted by atomic mass is 9.48. The van der Waals surface area contributed by atoms with Crippen LogP contribution in [0.2, 0.25) is 0 Å². The van der Waals surface area contributed by atoms with Crippen LogP contribution in [0.5, 0.6) is 0 Å². The maximum Gasteiger partial charge on any atom is 0.219 e. The Bertz CT molecular complexity index is 1760. The highest BCUT2D eigenvalue weighted by Gasteiger charge is 2.75. The van der Waals surface area contributed by atoms with Crippen LogP contribution in [0.15, 0.2) is 126 Å². The number of hydrogen-bond donors (Lipinski definition) is 4. The molecule has 210 valence electrons. The lowest BCUT2D eigenvalue weighted by Crippen LogP contribution is -2.74. The van der Waals surface area contributed by atoms with E-state index in [4.69, 9.17) is 0 Å². The number of allylic oxidation sites excluding steroid dienone is 1. The van der Waals surface area contributed by atoms with E-state index < -0.39 is 28.3 Å². The van der Waals surface area contributed by atoms with Crippen molar-refractivity contribution in [1.82, 2.24) is 10.6 Å². The van der Waals surface area contributed by atoms with Crippen molar-refractivity contribution < 1.29 is 19.8 Å². The van der Waals surface area contributed by atoms with Gasteiger partial charge in [0.2, 0.25) is 11.6 Å². The molecule has 0 heterocycles. The van der Waals surface area contributed by atoms with Gasteiger partial charge in [0.05, 0.1) is 17.0 Å². The second-order valence-electron chi connectivity index (χ2n) is 11.0. The molecular formula is C36H32N2O4. The minimum Gasteiger partial charge on any atom is -0.503 e. The van der Waals surface area contributed by atoms with Crippen LogP contribution >= 0.6 is 0 Å². The fraction of sp³-hybridized carbons (Fsp3) is 0.167. The van der Waals surface area contributed by atoms with E-state index in [9.17, 15) is 19.8 Å². The fourth-order valence-electron chi connectivity index (χ4n) is 6.26. The van der Waals surface area contributed by atoms with Crippen LogP contribution in [0.4, 0.5) is 0 Å². The summed E-state index contributed by atoms with van der Waals surface area (Å²) in [5, 5.41) is 30.2. The van der Waals surface area contributed by atoms with Gasteiger partial charge in [-0.2, -0.15) is 0 Å². The maximum atomic E-state index is 14.3. The van der Waals surface area contributed by atoms with Crippen LogP contribution < -0.4 is 10.6 Å². The summed E-state index contributed by atoms with van der Waals surface area (Å²) in [4.78, 5) is 28.2. The second-order valence-corrected chi connectivity index (χ2v) is 11.0. The average Bonchev–Trinajstić information content (AvgIpc) is 3.01. The van der Waals surface area contributed by atoms with Crippen molar-refractivity contribution >= 4 is 17.1 Å². The molecular weight excluding hydrogens is 524 g/mol. The quantitative estimate of drug-likeness (QED) is 0.226. The second kappa shape index (κ2) is 10.5. The average molecular weight is 557 g/mol. The van der Waals surface area contributed by atoms with Gasteiger partial charge in [-0.15, -0.1) is 0 Å². The molecule has 0 aromatic heterocycles. The Morgan fingerprint density at radius 1 is 0.643 bits per heavy atom. The molecule has 4 aromatic rings. The van der Waals surface area contributed by atoms with Crippen molar-refractivity contribution in [2.24, 2.45) is 0 Å². The molecule has 0 aliphatic heterocycles. The lowest BCUT2D eigenvalue weighted by Gasteiger charge is -2.56. The van der Waals surface area contributed by atoms with E-state index in [1.54, 1.807) is 30.3 Å². The number of benzene rings is 4. The number of rotatable bonds is 9. The highest BCUT2D eigenvalue weighted by atomic mass is 16.3. The molecule has 2 aliphatic rings. The van der Waals surface area contributed by atoms with Crippen molar-refractivity contribution in [3.05, 3.63) is 160 Å². The Hall–Kier alpha value is -4.94. The van der Waals surface area contributed by atoms with Gasteiger partial charge in [0.15, 0.2) is 11.4 Å². The summed E-state index contributed by atoms with van der Waals surface area (Å²) in [6.07, 6.45) is 0. The normalized spacial score (nSPS) is 21.6. The number of Topliss-reactive ketones (excluding diaryl/α,β-unsaturated/α-hetero) is 2. The van der Waals surface area contributed by atoms with Crippen LogP contribution in [0, 0.1) is 13.8 Å². The van der Waals surface area contributed by atoms with Crippen molar-refractivity contribution in [2.45, 2.75) is 38.0 Å². The highest BCUT2D eigenvalue weighted by Crippen LogP contribution is 2.59. The molecule has 0 amide bonds. The van der Waals surface area contributed by atoms with Gasteiger partial charge in [0.1, 0.15) is 5.41 Å². The van der Waals surface area contributed by atoms with E-state index in [-0.39, 0.29) is 17.9 Å². The summed E-state index contributed by atoms with van der Waals surface area (Å²) in [5.41, 5.74) is 1.62. The molecule has 2 unspecified atom stereocenters. The largest absolute Gasteiger partial charge is 0.503 e. The van der Waals surface area contributed by atoms with Crippen molar-refractivity contribution in [3.8, 4) is 0 Å². The van der Waals surface area contributed by atoms with Crippen LogP contribution in [0.1, 0.15) is 33.4 Å². The number of carbonyl (C=O) groups is 2. The molecule has 2 aliphatic carbocycles. The molecule has 2 atom stereocenters. The van der Waals surface area contributed by atoms with Gasteiger partial charge in [-0.05, 0) is 36.1 Å². The Morgan fingerprint density at radius 3 is 1.71 bits per heavy atom. The molecule has 0 fully saturated rings. The van der Waals surface area contributed by atoms with Crippen LogP contribution in [0.3, 0.4) is 0 Å². The van der Waals surface area contributed by atoms with Crippen LogP contribution in [-0.4, -0.2) is 27.4 Å². The standard InChI is InChI=1S/C36H32N2O4/c1-23-11-9-13-25(19-23)21-37-31-29(27-15-5-3-6-16-27)33(40)36(31,42)35(28-17-7-4-8-18-28)32(30(39)34(35)41)38-22-26-14-10-12-24(2)20-26/h3-20,37-39,42H,21-22H2,1-2H3. The summed E-state index contributed by atoms with van der Waals surface area (Å²) in [6, 6.07) is 33.7. The smallest absolute Gasteiger partial charge is 0.219 e. The predicted octanol–water partition coefficient (Wildman–Crippen LogP) is 5.20. The van der Waals surface area contributed by atoms with E-state index in [2.05, 4.69) is 10.6 Å². The first-order valence-electron chi connectivity index (χ1n) is 14.0. The van der Waals surface area contributed by atoms with Gasteiger partial charge in [0, 0.05) is 13.1 Å². The van der Waals surface area contributed by atoms with Crippen LogP contribution in [0.25, 0.3) is 5.57 Å². The predicted molar refractivity (Wildman–Crippen MR) is 162 cm³/mol. The van der Waals surface area contributed by atoms with Gasteiger partial charge in [0.25, 0.3) is 0 Å². The SMILES string of the molecule is Cc1cccc(CNC2=C(c3ccccc3)C(=O)C2(O)C2(c3ccccc3)C(=O)C(O)=C2NCc2cccc(C)c2)c1. The molecule has 6 heteroatoms. The molecule has 0 saturated carbocycles. The molecule has 6 nitrogen and oxygen atoms in total. The summed E-state index contributed by atoms with van der Waals surface area (Å²) < 4.78 is 0. The van der Waals surface area contributed by atoms with Crippen LogP contribution in [-0.2, 0) is 28.1 Å². The van der Waals surface area contributed by atoms with Gasteiger partial charge >= 0.3 is 0 Å². The molecule has 0 bridgehead atoms. The first-order valence-corrected chi connectivity index (χ1v) is 14.0. The molecule has 6 rings (SSSR count). The Morgan fingerprint density at radius 2 is 1.17 bits per heavy atom. The summed E-state index contributed by atoms with van der Waals surface area (Å²) in [5.74, 6) is -1.78. The Kier molecular flexibility index (Phi) is 6.79. The van der Waals surface area contributed by atoms with Gasteiger partial charge < -0.3 is 20.8 Å². The van der Waals surface area contributed by atoms with Crippen molar-refractivity contribution in [3.63, 3.8) is 0 Å². The molecule has 0 spiro atoms. The summed E-state index contributed by atoms with van der Waals surface area (Å²) in [7, 11) is 0. The lowest BCUT2D eigenvalue weighted by molar-refractivity contribution is -0.150. The van der Waals surface area contributed by atoms with Crippen molar-refractivity contribution in [2.75, 3.05) is 0 Å². The van der Waals surface area contributed by atoms with Gasteiger partial charge in [-0.25, -0.2) is 0 Å². The Labute approximate surface area is 245 Å². The minimum atomic E-state index is -2.29. The zero-order chi connectivity index (χ0) is 29.5. The Balaban J connectivity index is 1.50. The van der Waals surface area contributed by atoms with E-state index in [0.717, 1.165) is 22.3 Å². The van der Waals surface area contributed by atoms with E-state index in [1.165, 1.54) is 0 Å². The molecule has 42 heavy (non-hydrogen) atoms. The number of hydrogen-bond acceptors (Lipinski definition) is 6. The monoisotopic (exact) mass is 556 g/mol. The van der Waals surface area contributed by atoms with E-state index in [1.807, 2.05) is 92.7 Å². The third kappa shape index (κ3) is 4.06. The topological polar surface area (TPSA) is 98.7 Å². The number of ketones is 2. The number of carbonyl (C=O) groups excluding carboxylic acids is 2. The van der Waals surface area contributed by atoms with Crippen molar-refractivity contribution in [1.29, 1.82) is 0 Å². The number of aryl methyl sites for hydroxylation is 2. The molecule has 0 saturated heterocycles. The number of aliphatic hydroxyl groups is 2. The molecule has 4 N–H and O–H groups in total. The van der Waals surface area contributed by atoms with Gasteiger partial charge in [-0.3, -0.25) is 9.59 Å². The zero-order valence-electron chi connectivity index (χ0n) is 23.5. The zero-order valence-corrected chi connectivity index (χ0v) is 23.5. The molecule has 4 aromatic carbocycles. The number of nitrogens with one attached hydrogen (secondary N) is 2. The fourth-order valence-corrected chi connectivity index (χ4v) is 6.26. The maximum absolute atomic E-state index is 14.3. The van der Waals surface area contributed by atoms with E-state index in [0.29, 0.717) is 23.2 Å². The first kappa shape index (κ1) is 27.2. The minimum absolute atomic E-state index is 0.123. The highest BCUT2D eigenvalue weighted by molar-refractivity contribution is 6.38. The van der Waals surface area contributed by atoms with Gasteiger partial charge in [-0.1, -0.05) is 120 Å². The third-order valence-corrected chi connectivity index (χ3v) is 8.25. The number of aliphatic hydroxyl groups excluding tert-OH is 1.